The molecule has 0 saturated carbocycles. The molecule has 1 fully saturated rings. The van der Waals surface area contributed by atoms with Crippen LogP contribution >= 0.6 is 0 Å². The van der Waals surface area contributed by atoms with Gasteiger partial charge in [-0.1, -0.05) is 6.07 Å². The highest BCUT2D eigenvalue weighted by atomic mass is 19.1. The number of benzene rings is 1. The van der Waals surface area contributed by atoms with Gasteiger partial charge in [0.2, 0.25) is 5.91 Å². The van der Waals surface area contributed by atoms with Crippen LogP contribution in [0.5, 0.6) is 5.75 Å². The summed E-state index contributed by atoms with van der Waals surface area (Å²) in [6, 6.07) is 5.77. The van der Waals surface area contributed by atoms with E-state index in [9.17, 15) is 14.0 Å². The number of carbonyl (C=O) groups is 2. The molecule has 21 heavy (non-hydrogen) atoms. The maximum atomic E-state index is 12.9. The quantitative estimate of drug-likeness (QED) is 0.901. The molecule has 2 rings (SSSR count). The maximum absolute atomic E-state index is 12.9. The summed E-state index contributed by atoms with van der Waals surface area (Å²) in [5.74, 6) is -1.19. The van der Waals surface area contributed by atoms with Crippen LogP contribution in [0, 0.1) is 11.7 Å². The first-order valence-electron chi connectivity index (χ1n) is 6.95. The molecule has 1 N–H and O–H groups in total. The minimum Gasteiger partial charge on any atom is -0.493 e. The molecular formula is C15H18FNO4. The lowest BCUT2D eigenvalue weighted by molar-refractivity contribution is -0.145. The van der Waals surface area contributed by atoms with Gasteiger partial charge in [0.05, 0.1) is 18.9 Å². The zero-order valence-corrected chi connectivity index (χ0v) is 11.6. The number of carboxylic acid groups (broad SMARTS) is 1. The lowest BCUT2D eigenvalue weighted by Crippen LogP contribution is -2.40. The summed E-state index contributed by atoms with van der Waals surface area (Å²) in [7, 11) is 0. The van der Waals surface area contributed by atoms with Crippen LogP contribution in [-0.4, -0.2) is 41.6 Å². The third-order valence-corrected chi connectivity index (χ3v) is 3.58. The van der Waals surface area contributed by atoms with Gasteiger partial charge in [0, 0.05) is 19.2 Å². The summed E-state index contributed by atoms with van der Waals surface area (Å²) < 4.78 is 18.3. The summed E-state index contributed by atoms with van der Waals surface area (Å²) in [6.07, 6.45) is 1.19. The van der Waals surface area contributed by atoms with Crippen molar-refractivity contribution in [1.29, 1.82) is 0 Å². The zero-order valence-electron chi connectivity index (χ0n) is 11.6. The SMILES string of the molecule is O=C(O)C1CCN(C(=O)CCOc2cccc(F)c2)CC1. The summed E-state index contributed by atoms with van der Waals surface area (Å²) >= 11 is 0. The van der Waals surface area contributed by atoms with Crippen LogP contribution in [0.4, 0.5) is 4.39 Å². The van der Waals surface area contributed by atoms with Crippen LogP contribution in [0.1, 0.15) is 19.3 Å². The predicted octanol–water partition coefficient (Wildman–Crippen LogP) is 1.92. The monoisotopic (exact) mass is 295 g/mol. The molecule has 5 nitrogen and oxygen atoms in total. The number of hydrogen-bond donors (Lipinski definition) is 1. The average molecular weight is 295 g/mol. The molecule has 1 aliphatic rings. The Morgan fingerprint density at radius 1 is 1.33 bits per heavy atom. The molecule has 114 valence electrons. The van der Waals surface area contributed by atoms with Gasteiger partial charge in [0.1, 0.15) is 11.6 Å². The first kappa shape index (κ1) is 15.3. The third kappa shape index (κ3) is 4.44. The molecule has 0 unspecified atom stereocenters. The average Bonchev–Trinajstić information content (AvgIpc) is 2.47. The van der Waals surface area contributed by atoms with Crippen molar-refractivity contribution in [2.45, 2.75) is 19.3 Å². The van der Waals surface area contributed by atoms with Crippen molar-refractivity contribution < 1.29 is 23.8 Å². The van der Waals surface area contributed by atoms with Crippen molar-refractivity contribution in [2.24, 2.45) is 5.92 Å². The van der Waals surface area contributed by atoms with Gasteiger partial charge in [0.25, 0.3) is 0 Å². The minimum absolute atomic E-state index is 0.0600. The van der Waals surface area contributed by atoms with Crippen LogP contribution in [0.3, 0.4) is 0 Å². The van der Waals surface area contributed by atoms with Gasteiger partial charge in [-0.3, -0.25) is 9.59 Å². The van der Waals surface area contributed by atoms with Gasteiger partial charge >= 0.3 is 5.97 Å². The van der Waals surface area contributed by atoms with E-state index in [1.54, 1.807) is 17.0 Å². The number of amides is 1. The van der Waals surface area contributed by atoms with Crippen molar-refractivity contribution in [2.75, 3.05) is 19.7 Å². The minimum atomic E-state index is -0.795. The van der Waals surface area contributed by atoms with E-state index in [0.717, 1.165) is 0 Å². The standard InChI is InChI=1S/C15H18FNO4/c16-12-2-1-3-13(10-12)21-9-6-14(18)17-7-4-11(5-8-17)15(19)20/h1-3,10-11H,4-9H2,(H,19,20). The maximum Gasteiger partial charge on any atom is 0.306 e. The van der Waals surface area contributed by atoms with E-state index in [1.807, 2.05) is 0 Å². The first-order chi connectivity index (χ1) is 10.1. The molecule has 6 heteroatoms. The smallest absolute Gasteiger partial charge is 0.306 e. The van der Waals surface area contributed by atoms with Crippen molar-refractivity contribution >= 4 is 11.9 Å². The molecule has 1 heterocycles. The van der Waals surface area contributed by atoms with Crippen molar-refractivity contribution in [3.63, 3.8) is 0 Å². The van der Waals surface area contributed by atoms with Crippen LogP contribution in [0.25, 0.3) is 0 Å². The first-order valence-corrected chi connectivity index (χ1v) is 6.95. The van der Waals surface area contributed by atoms with Gasteiger partial charge in [0.15, 0.2) is 0 Å². The van der Waals surface area contributed by atoms with E-state index in [4.69, 9.17) is 9.84 Å². The number of likely N-dealkylation sites (tertiary alicyclic amines) is 1. The molecule has 0 atom stereocenters. The van der Waals surface area contributed by atoms with Crippen molar-refractivity contribution in [3.05, 3.63) is 30.1 Å². The molecule has 0 radical (unpaired) electrons. The summed E-state index contributed by atoms with van der Waals surface area (Å²) in [5, 5.41) is 8.90. The van der Waals surface area contributed by atoms with Gasteiger partial charge < -0.3 is 14.7 Å². The normalized spacial score (nSPS) is 15.8. The molecule has 1 aliphatic heterocycles. The molecule has 0 aliphatic carbocycles. The fraction of sp³-hybridized carbons (Fsp3) is 0.467. The molecule has 1 saturated heterocycles. The van der Waals surface area contributed by atoms with Gasteiger partial charge in [-0.15, -0.1) is 0 Å². The van der Waals surface area contributed by atoms with Gasteiger partial charge in [-0.2, -0.15) is 0 Å². The fourth-order valence-electron chi connectivity index (χ4n) is 2.35. The van der Waals surface area contributed by atoms with E-state index in [2.05, 4.69) is 0 Å². The predicted molar refractivity (Wildman–Crippen MR) is 73.5 cm³/mol. The number of ether oxygens (including phenoxy) is 1. The number of aliphatic carboxylic acids is 1. The Hall–Kier alpha value is -2.11. The number of carbonyl (C=O) groups excluding carboxylic acids is 1. The number of halogens is 1. The molecule has 1 aromatic carbocycles. The Bertz CT molecular complexity index is 512. The summed E-state index contributed by atoms with van der Waals surface area (Å²) in [6.45, 7) is 1.12. The van der Waals surface area contributed by atoms with E-state index in [1.165, 1.54) is 12.1 Å². The van der Waals surface area contributed by atoms with Crippen LogP contribution in [0.2, 0.25) is 0 Å². The van der Waals surface area contributed by atoms with Crippen LogP contribution in [-0.2, 0) is 9.59 Å². The Balaban J connectivity index is 1.72. The molecule has 0 bridgehead atoms. The number of nitrogens with zero attached hydrogens (tertiary/aromatic N) is 1. The number of rotatable bonds is 5. The summed E-state index contributed by atoms with van der Waals surface area (Å²) in [4.78, 5) is 24.5. The second kappa shape index (κ2) is 7.06. The van der Waals surface area contributed by atoms with E-state index >= 15 is 0 Å². The van der Waals surface area contributed by atoms with E-state index < -0.39 is 5.97 Å². The number of carboxylic acids is 1. The molecule has 1 amide bonds. The van der Waals surface area contributed by atoms with Crippen molar-refractivity contribution in [3.8, 4) is 5.75 Å². The van der Waals surface area contributed by atoms with Crippen molar-refractivity contribution in [1.82, 2.24) is 4.90 Å². The second-order valence-corrected chi connectivity index (χ2v) is 5.05. The summed E-state index contributed by atoms with van der Waals surface area (Å²) in [5.41, 5.74) is 0. The Morgan fingerprint density at radius 2 is 2.05 bits per heavy atom. The van der Waals surface area contributed by atoms with Crippen LogP contribution in [0.15, 0.2) is 24.3 Å². The zero-order chi connectivity index (χ0) is 15.2. The second-order valence-electron chi connectivity index (χ2n) is 5.05. The molecular weight excluding hydrogens is 277 g/mol. The third-order valence-electron chi connectivity index (χ3n) is 3.58. The highest BCUT2D eigenvalue weighted by Crippen LogP contribution is 2.18. The number of piperidine rings is 1. The van der Waals surface area contributed by atoms with Gasteiger partial charge in [-0.25, -0.2) is 4.39 Å². The molecule has 0 aromatic heterocycles. The topological polar surface area (TPSA) is 66.8 Å². The lowest BCUT2D eigenvalue weighted by Gasteiger charge is -2.30. The van der Waals surface area contributed by atoms with E-state index in [0.29, 0.717) is 31.7 Å². The largest absolute Gasteiger partial charge is 0.493 e. The Labute approximate surface area is 122 Å². The van der Waals surface area contributed by atoms with Crippen LogP contribution < -0.4 is 4.74 Å². The highest BCUT2D eigenvalue weighted by Gasteiger charge is 2.26. The Kier molecular flexibility index (Phi) is 5.14. The molecule has 1 aromatic rings. The molecule has 0 spiro atoms. The highest BCUT2D eigenvalue weighted by molar-refractivity contribution is 5.77. The Morgan fingerprint density at radius 3 is 2.67 bits per heavy atom. The number of hydrogen-bond acceptors (Lipinski definition) is 3. The van der Waals surface area contributed by atoms with Gasteiger partial charge in [-0.05, 0) is 25.0 Å². The van der Waals surface area contributed by atoms with E-state index in [-0.39, 0.29) is 30.7 Å². The fourth-order valence-corrected chi connectivity index (χ4v) is 2.35. The lowest BCUT2D eigenvalue weighted by atomic mass is 9.97.